The molecule has 178 valence electrons. The van der Waals surface area contributed by atoms with Gasteiger partial charge in [-0.15, -0.1) is 0 Å². The van der Waals surface area contributed by atoms with Gasteiger partial charge in [0.1, 0.15) is 12.7 Å². The summed E-state index contributed by atoms with van der Waals surface area (Å²) in [5.74, 6) is -0.434. The van der Waals surface area contributed by atoms with E-state index in [9.17, 15) is 9.90 Å². The third-order valence-corrected chi connectivity index (χ3v) is 6.43. The molecule has 1 aliphatic heterocycles. The SMILES string of the molecule is C=Cc1ccc(C(=O)OCC(O)CN2C(C)(C)CC(OCc3ccccc3)CC2(C)C)cc1. The average molecular weight is 452 g/mol. The Labute approximate surface area is 198 Å². The van der Waals surface area contributed by atoms with Crippen molar-refractivity contribution in [1.29, 1.82) is 0 Å². The molecule has 2 aromatic carbocycles. The normalized spacial score (nSPS) is 19.1. The zero-order valence-electron chi connectivity index (χ0n) is 20.3. The van der Waals surface area contributed by atoms with Gasteiger partial charge >= 0.3 is 5.97 Å². The first-order valence-electron chi connectivity index (χ1n) is 11.6. The van der Waals surface area contributed by atoms with Crippen LogP contribution in [0.5, 0.6) is 0 Å². The lowest BCUT2D eigenvalue weighted by molar-refractivity contribution is -0.122. The molecule has 0 saturated carbocycles. The molecular weight excluding hydrogens is 414 g/mol. The van der Waals surface area contributed by atoms with Crippen LogP contribution in [0.15, 0.2) is 61.2 Å². The number of nitrogens with zero attached hydrogens (tertiary/aromatic N) is 1. The average Bonchev–Trinajstić information content (AvgIpc) is 2.79. The van der Waals surface area contributed by atoms with E-state index in [1.807, 2.05) is 30.3 Å². The summed E-state index contributed by atoms with van der Waals surface area (Å²) in [5.41, 5.74) is 2.23. The van der Waals surface area contributed by atoms with Gasteiger partial charge < -0.3 is 14.6 Å². The molecule has 1 atom stereocenters. The summed E-state index contributed by atoms with van der Waals surface area (Å²) in [7, 11) is 0. The van der Waals surface area contributed by atoms with Crippen LogP contribution in [0.1, 0.15) is 62.0 Å². The maximum atomic E-state index is 12.3. The number of β-amino-alcohol motifs (C(OH)–C–C–N with tert-alkyl or cyclic N) is 1. The van der Waals surface area contributed by atoms with Crippen LogP contribution in [0.3, 0.4) is 0 Å². The van der Waals surface area contributed by atoms with Gasteiger partial charge in [-0.05, 0) is 63.8 Å². The number of carbonyl (C=O) groups excluding carboxylic acids is 1. The fourth-order valence-electron chi connectivity index (χ4n) is 4.90. The number of benzene rings is 2. The number of aliphatic hydroxyl groups is 1. The topological polar surface area (TPSA) is 59.0 Å². The molecule has 1 unspecified atom stereocenters. The monoisotopic (exact) mass is 451 g/mol. The second-order valence-electron chi connectivity index (χ2n) is 10.1. The largest absolute Gasteiger partial charge is 0.459 e. The summed E-state index contributed by atoms with van der Waals surface area (Å²) in [4.78, 5) is 14.7. The van der Waals surface area contributed by atoms with Gasteiger partial charge in [-0.25, -0.2) is 4.79 Å². The predicted molar refractivity (Wildman–Crippen MR) is 132 cm³/mol. The highest BCUT2D eigenvalue weighted by Gasteiger charge is 2.46. The van der Waals surface area contributed by atoms with Gasteiger partial charge in [-0.2, -0.15) is 0 Å². The number of piperidine rings is 1. The van der Waals surface area contributed by atoms with Crippen molar-refractivity contribution in [1.82, 2.24) is 4.90 Å². The summed E-state index contributed by atoms with van der Waals surface area (Å²) >= 11 is 0. The van der Waals surface area contributed by atoms with Gasteiger partial charge in [0.15, 0.2) is 0 Å². The van der Waals surface area contributed by atoms with Crippen LogP contribution in [0.4, 0.5) is 0 Å². The van der Waals surface area contributed by atoms with E-state index in [1.54, 1.807) is 18.2 Å². The van der Waals surface area contributed by atoms with E-state index in [-0.39, 0.29) is 23.8 Å². The van der Waals surface area contributed by atoms with E-state index in [0.29, 0.717) is 18.7 Å². The van der Waals surface area contributed by atoms with Crippen LogP contribution < -0.4 is 0 Å². The van der Waals surface area contributed by atoms with Crippen molar-refractivity contribution in [2.24, 2.45) is 0 Å². The standard InChI is InChI=1S/C28H37NO4/c1-6-21-12-14-23(15-13-21)26(31)33-20-24(30)18-29-27(2,3)16-25(17-28(29,4)5)32-19-22-10-8-7-9-11-22/h6-15,24-25,30H,1,16-20H2,2-5H3. The Hall–Kier alpha value is -2.47. The molecule has 1 heterocycles. The quantitative estimate of drug-likeness (QED) is 0.539. The van der Waals surface area contributed by atoms with Crippen molar-refractivity contribution in [3.05, 3.63) is 77.9 Å². The summed E-state index contributed by atoms with van der Waals surface area (Å²) in [5, 5.41) is 10.7. The lowest BCUT2D eigenvalue weighted by atomic mass is 9.78. The van der Waals surface area contributed by atoms with E-state index in [1.165, 1.54) is 5.56 Å². The Bertz CT molecular complexity index is 903. The molecule has 0 aliphatic carbocycles. The fraction of sp³-hybridized carbons (Fsp3) is 0.464. The van der Waals surface area contributed by atoms with Crippen LogP contribution in [0, 0.1) is 0 Å². The highest BCUT2D eigenvalue weighted by Crippen LogP contribution is 2.39. The molecule has 33 heavy (non-hydrogen) atoms. The van der Waals surface area contributed by atoms with Gasteiger partial charge in [0, 0.05) is 17.6 Å². The second kappa shape index (κ2) is 10.6. The van der Waals surface area contributed by atoms with Crippen molar-refractivity contribution in [3.8, 4) is 0 Å². The van der Waals surface area contributed by atoms with Crippen LogP contribution in [-0.2, 0) is 16.1 Å². The molecule has 1 fully saturated rings. The zero-order valence-corrected chi connectivity index (χ0v) is 20.3. The van der Waals surface area contributed by atoms with Gasteiger partial charge in [-0.3, -0.25) is 4.90 Å². The highest BCUT2D eigenvalue weighted by molar-refractivity contribution is 5.89. The Balaban J connectivity index is 1.54. The van der Waals surface area contributed by atoms with Crippen molar-refractivity contribution in [2.75, 3.05) is 13.2 Å². The first-order chi connectivity index (χ1) is 15.6. The van der Waals surface area contributed by atoms with Crippen LogP contribution in [0.2, 0.25) is 0 Å². The van der Waals surface area contributed by atoms with Crippen LogP contribution in [-0.4, -0.2) is 52.4 Å². The summed E-state index contributed by atoms with van der Waals surface area (Å²) in [6, 6.07) is 17.3. The Morgan fingerprint density at radius 3 is 2.27 bits per heavy atom. The van der Waals surface area contributed by atoms with E-state index in [0.717, 1.165) is 18.4 Å². The van der Waals surface area contributed by atoms with E-state index in [4.69, 9.17) is 9.47 Å². The molecule has 0 aromatic heterocycles. The summed E-state index contributed by atoms with van der Waals surface area (Å²) in [6.45, 7) is 13.4. The van der Waals surface area contributed by atoms with Crippen molar-refractivity contribution >= 4 is 12.0 Å². The molecule has 3 rings (SSSR count). The van der Waals surface area contributed by atoms with Crippen LogP contribution in [0.25, 0.3) is 6.08 Å². The van der Waals surface area contributed by atoms with E-state index < -0.39 is 12.1 Å². The van der Waals surface area contributed by atoms with Gasteiger partial charge in [0.05, 0.1) is 18.3 Å². The fourth-order valence-corrected chi connectivity index (χ4v) is 4.90. The maximum Gasteiger partial charge on any atom is 0.338 e. The lowest BCUT2D eigenvalue weighted by Crippen LogP contribution is -2.63. The van der Waals surface area contributed by atoms with Gasteiger partial charge in [0.2, 0.25) is 0 Å². The van der Waals surface area contributed by atoms with Crippen LogP contribution >= 0.6 is 0 Å². The highest BCUT2D eigenvalue weighted by atomic mass is 16.5. The minimum absolute atomic E-state index is 0.0430. The first kappa shape index (κ1) is 25.2. The summed E-state index contributed by atoms with van der Waals surface area (Å²) < 4.78 is 11.7. The molecule has 1 aliphatic rings. The molecule has 1 saturated heterocycles. The number of rotatable bonds is 9. The minimum atomic E-state index is -0.776. The number of likely N-dealkylation sites (tertiary alicyclic amines) is 1. The van der Waals surface area contributed by atoms with E-state index in [2.05, 4.69) is 51.3 Å². The molecule has 0 radical (unpaired) electrons. The number of ether oxygens (including phenoxy) is 2. The Morgan fingerprint density at radius 2 is 1.70 bits per heavy atom. The number of carbonyl (C=O) groups is 1. The lowest BCUT2D eigenvalue weighted by Gasteiger charge is -2.55. The van der Waals surface area contributed by atoms with E-state index >= 15 is 0 Å². The predicted octanol–water partition coefficient (Wildman–Crippen LogP) is 5.09. The Morgan fingerprint density at radius 1 is 1.09 bits per heavy atom. The zero-order chi connectivity index (χ0) is 24.1. The first-order valence-corrected chi connectivity index (χ1v) is 11.6. The second-order valence-corrected chi connectivity index (χ2v) is 10.1. The third-order valence-electron chi connectivity index (χ3n) is 6.43. The number of aliphatic hydroxyl groups excluding tert-OH is 1. The number of hydrogen-bond acceptors (Lipinski definition) is 5. The van der Waals surface area contributed by atoms with Crippen molar-refractivity contribution < 1.29 is 19.4 Å². The maximum absolute atomic E-state index is 12.3. The molecule has 2 aromatic rings. The molecule has 5 heteroatoms. The third kappa shape index (κ3) is 6.76. The number of esters is 1. The summed E-state index contributed by atoms with van der Waals surface area (Å²) in [6.07, 6.45) is 2.82. The number of hydrogen-bond donors (Lipinski definition) is 1. The minimum Gasteiger partial charge on any atom is -0.459 e. The molecular formula is C28H37NO4. The van der Waals surface area contributed by atoms with Crippen molar-refractivity contribution in [3.63, 3.8) is 0 Å². The molecule has 5 nitrogen and oxygen atoms in total. The molecule has 0 bridgehead atoms. The molecule has 1 N–H and O–H groups in total. The van der Waals surface area contributed by atoms with Crippen molar-refractivity contribution in [2.45, 2.75) is 70.4 Å². The van der Waals surface area contributed by atoms with Gasteiger partial charge in [0.25, 0.3) is 0 Å². The molecule has 0 spiro atoms. The van der Waals surface area contributed by atoms with Gasteiger partial charge in [-0.1, -0.05) is 55.1 Å². The Kier molecular flexibility index (Phi) is 8.11. The smallest absolute Gasteiger partial charge is 0.338 e. The molecule has 0 amide bonds.